The SMILES string of the molecule is CC(Cc1ccc(Cl)cc1)N(CC1CCCNC1)C[C@@H](C)O. The van der Waals surface area contributed by atoms with Crippen LogP contribution in [0.15, 0.2) is 24.3 Å². The van der Waals surface area contributed by atoms with Gasteiger partial charge in [0.15, 0.2) is 0 Å². The molecule has 0 bridgehead atoms. The van der Waals surface area contributed by atoms with Crippen molar-refractivity contribution in [2.45, 2.75) is 45.3 Å². The topological polar surface area (TPSA) is 35.5 Å². The van der Waals surface area contributed by atoms with Gasteiger partial charge in [-0.25, -0.2) is 0 Å². The van der Waals surface area contributed by atoms with Crippen molar-refractivity contribution in [2.24, 2.45) is 5.92 Å². The van der Waals surface area contributed by atoms with E-state index in [0.717, 1.165) is 37.6 Å². The van der Waals surface area contributed by atoms with Gasteiger partial charge >= 0.3 is 0 Å². The normalized spacial score (nSPS) is 21.8. The molecule has 0 spiro atoms. The largest absolute Gasteiger partial charge is 0.392 e. The Morgan fingerprint density at radius 2 is 2.05 bits per heavy atom. The van der Waals surface area contributed by atoms with Crippen molar-refractivity contribution in [1.82, 2.24) is 10.2 Å². The first-order chi connectivity index (χ1) is 10.5. The van der Waals surface area contributed by atoms with Crippen LogP contribution in [0, 0.1) is 5.92 Å². The molecular formula is C18H29ClN2O. The highest BCUT2D eigenvalue weighted by molar-refractivity contribution is 6.30. The molecule has 1 aliphatic heterocycles. The number of benzene rings is 1. The molecule has 1 aromatic rings. The summed E-state index contributed by atoms with van der Waals surface area (Å²) in [5, 5.41) is 14.1. The molecule has 0 aromatic heterocycles. The van der Waals surface area contributed by atoms with Crippen molar-refractivity contribution in [3.05, 3.63) is 34.9 Å². The summed E-state index contributed by atoms with van der Waals surface area (Å²) >= 11 is 5.96. The van der Waals surface area contributed by atoms with E-state index < -0.39 is 0 Å². The lowest BCUT2D eigenvalue weighted by molar-refractivity contribution is 0.0857. The Labute approximate surface area is 139 Å². The van der Waals surface area contributed by atoms with E-state index in [9.17, 15) is 5.11 Å². The third-order valence-corrected chi connectivity index (χ3v) is 4.71. The standard InChI is InChI=1S/C18H29ClN2O/c1-14(10-16-5-7-18(19)8-6-16)21(12-15(2)22)13-17-4-3-9-20-11-17/h5-8,14-15,17,20,22H,3-4,9-13H2,1-2H3/t14?,15-,17?/m1/s1. The fraction of sp³-hybridized carbons (Fsp3) is 0.667. The molecule has 1 saturated heterocycles. The molecule has 1 aromatic carbocycles. The highest BCUT2D eigenvalue weighted by Crippen LogP contribution is 2.17. The highest BCUT2D eigenvalue weighted by Gasteiger charge is 2.22. The number of nitrogens with one attached hydrogen (secondary N) is 1. The number of hydrogen-bond acceptors (Lipinski definition) is 3. The maximum absolute atomic E-state index is 9.83. The van der Waals surface area contributed by atoms with E-state index in [0.29, 0.717) is 12.0 Å². The molecule has 0 amide bonds. The lowest BCUT2D eigenvalue weighted by Gasteiger charge is -2.35. The molecule has 3 nitrogen and oxygen atoms in total. The van der Waals surface area contributed by atoms with Gasteiger partial charge in [-0.3, -0.25) is 4.90 Å². The van der Waals surface area contributed by atoms with Crippen molar-refractivity contribution in [2.75, 3.05) is 26.2 Å². The molecule has 22 heavy (non-hydrogen) atoms. The van der Waals surface area contributed by atoms with Crippen LogP contribution in [0.1, 0.15) is 32.3 Å². The van der Waals surface area contributed by atoms with E-state index in [-0.39, 0.29) is 6.10 Å². The number of nitrogens with zero attached hydrogens (tertiary/aromatic N) is 1. The Morgan fingerprint density at radius 3 is 2.64 bits per heavy atom. The number of piperidine rings is 1. The molecule has 2 unspecified atom stereocenters. The van der Waals surface area contributed by atoms with Crippen molar-refractivity contribution < 1.29 is 5.11 Å². The summed E-state index contributed by atoms with van der Waals surface area (Å²) in [7, 11) is 0. The van der Waals surface area contributed by atoms with Gasteiger partial charge in [0.25, 0.3) is 0 Å². The summed E-state index contributed by atoms with van der Waals surface area (Å²) in [6, 6.07) is 8.52. The van der Waals surface area contributed by atoms with Crippen LogP contribution in [-0.2, 0) is 6.42 Å². The molecule has 3 atom stereocenters. The van der Waals surface area contributed by atoms with Gasteiger partial charge in [-0.2, -0.15) is 0 Å². The summed E-state index contributed by atoms with van der Waals surface area (Å²) in [5.74, 6) is 0.695. The average Bonchev–Trinajstić information content (AvgIpc) is 2.49. The van der Waals surface area contributed by atoms with E-state index in [1.807, 2.05) is 19.1 Å². The minimum Gasteiger partial charge on any atom is -0.392 e. The van der Waals surface area contributed by atoms with E-state index in [1.165, 1.54) is 18.4 Å². The van der Waals surface area contributed by atoms with Crippen LogP contribution in [0.25, 0.3) is 0 Å². The maximum Gasteiger partial charge on any atom is 0.0639 e. The van der Waals surface area contributed by atoms with Crippen molar-refractivity contribution >= 4 is 11.6 Å². The smallest absolute Gasteiger partial charge is 0.0639 e. The van der Waals surface area contributed by atoms with Gasteiger partial charge < -0.3 is 10.4 Å². The molecular weight excluding hydrogens is 296 g/mol. The number of hydrogen-bond donors (Lipinski definition) is 2. The van der Waals surface area contributed by atoms with Crippen molar-refractivity contribution in [1.29, 1.82) is 0 Å². The fourth-order valence-corrected chi connectivity index (χ4v) is 3.40. The molecule has 124 valence electrons. The second-order valence-electron chi connectivity index (χ2n) is 6.69. The van der Waals surface area contributed by atoms with Gasteiger partial charge in [0, 0.05) is 24.2 Å². The first-order valence-electron chi connectivity index (χ1n) is 8.42. The first-order valence-corrected chi connectivity index (χ1v) is 8.79. The maximum atomic E-state index is 9.83. The number of rotatable bonds is 7. The average molecular weight is 325 g/mol. The molecule has 1 fully saturated rings. The zero-order valence-electron chi connectivity index (χ0n) is 13.8. The molecule has 2 rings (SSSR count). The zero-order chi connectivity index (χ0) is 15.9. The zero-order valence-corrected chi connectivity index (χ0v) is 14.5. The van der Waals surface area contributed by atoms with Crippen molar-refractivity contribution in [3.8, 4) is 0 Å². The predicted octanol–water partition coefficient (Wildman–Crippen LogP) is 2.95. The Morgan fingerprint density at radius 1 is 1.32 bits per heavy atom. The van der Waals surface area contributed by atoms with E-state index in [4.69, 9.17) is 11.6 Å². The third-order valence-electron chi connectivity index (χ3n) is 4.46. The molecule has 1 heterocycles. The van der Waals surface area contributed by atoms with Gasteiger partial charge in [-0.1, -0.05) is 23.7 Å². The van der Waals surface area contributed by atoms with Gasteiger partial charge in [0.2, 0.25) is 0 Å². The summed E-state index contributed by atoms with van der Waals surface area (Å²) in [4.78, 5) is 2.44. The molecule has 1 aliphatic rings. The summed E-state index contributed by atoms with van der Waals surface area (Å²) in [6.45, 7) is 8.18. The van der Waals surface area contributed by atoms with Crippen LogP contribution in [-0.4, -0.2) is 48.3 Å². The van der Waals surface area contributed by atoms with Crippen LogP contribution < -0.4 is 5.32 Å². The minimum absolute atomic E-state index is 0.288. The molecule has 0 radical (unpaired) electrons. The minimum atomic E-state index is -0.288. The lowest BCUT2D eigenvalue weighted by atomic mass is 9.97. The summed E-state index contributed by atoms with van der Waals surface area (Å²) in [6.07, 6.45) is 3.25. The number of aliphatic hydroxyl groups excluding tert-OH is 1. The fourth-order valence-electron chi connectivity index (χ4n) is 3.28. The third kappa shape index (κ3) is 5.88. The van der Waals surface area contributed by atoms with Gasteiger partial charge in [0.05, 0.1) is 6.10 Å². The van der Waals surface area contributed by atoms with E-state index in [1.54, 1.807) is 0 Å². The lowest BCUT2D eigenvalue weighted by Crippen LogP contribution is -2.45. The quantitative estimate of drug-likeness (QED) is 0.809. The second-order valence-corrected chi connectivity index (χ2v) is 7.13. The monoisotopic (exact) mass is 324 g/mol. The van der Waals surface area contributed by atoms with Gasteiger partial charge in [-0.05, 0) is 69.8 Å². The number of halogens is 1. The molecule has 4 heteroatoms. The van der Waals surface area contributed by atoms with Crippen LogP contribution in [0.4, 0.5) is 0 Å². The summed E-state index contributed by atoms with van der Waals surface area (Å²) in [5.41, 5.74) is 1.30. The predicted molar refractivity (Wildman–Crippen MR) is 93.5 cm³/mol. The van der Waals surface area contributed by atoms with Crippen molar-refractivity contribution in [3.63, 3.8) is 0 Å². The van der Waals surface area contributed by atoms with Crippen LogP contribution in [0.5, 0.6) is 0 Å². The first kappa shape index (κ1) is 17.7. The Hall–Kier alpha value is -0.610. The van der Waals surface area contributed by atoms with Crippen LogP contribution >= 0.6 is 11.6 Å². The second kappa shape index (κ2) is 8.88. The van der Waals surface area contributed by atoms with Gasteiger partial charge in [-0.15, -0.1) is 0 Å². The van der Waals surface area contributed by atoms with Crippen LogP contribution in [0.2, 0.25) is 5.02 Å². The molecule has 0 aliphatic carbocycles. The highest BCUT2D eigenvalue weighted by atomic mass is 35.5. The Balaban J connectivity index is 1.95. The van der Waals surface area contributed by atoms with Crippen LogP contribution in [0.3, 0.4) is 0 Å². The number of aliphatic hydroxyl groups is 1. The Bertz CT molecular complexity index is 429. The Kier molecular flexibility index (Phi) is 7.16. The molecule has 2 N–H and O–H groups in total. The van der Waals surface area contributed by atoms with Gasteiger partial charge in [0.1, 0.15) is 0 Å². The van der Waals surface area contributed by atoms with E-state index >= 15 is 0 Å². The summed E-state index contributed by atoms with van der Waals surface area (Å²) < 4.78 is 0. The molecule has 0 saturated carbocycles. The van der Waals surface area contributed by atoms with E-state index in [2.05, 4.69) is 29.3 Å².